The summed E-state index contributed by atoms with van der Waals surface area (Å²) in [6, 6.07) is 6.72. The molecule has 0 saturated carbocycles. The molecule has 0 spiro atoms. The first kappa shape index (κ1) is 20.8. The number of nitrogens with one attached hydrogen (secondary N) is 2. The zero-order valence-corrected chi connectivity index (χ0v) is 16.5. The van der Waals surface area contributed by atoms with Crippen molar-refractivity contribution in [2.75, 3.05) is 14.2 Å². The highest BCUT2D eigenvalue weighted by molar-refractivity contribution is 7.89. The van der Waals surface area contributed by atoms with Gasteiger partial charge in [0.15, 0.2) is 11.5 Å². The predicted octanol–water partition coefficient (Wildman–Crippen LogP) is 1.92. The number of carbonyl (C=O) groups excluding carboxylic acids is 1. The maximum atomic E-state index is 12.7. The number of hydrogen-bond donors (Lipinski definition) is 2. The molecule has 148 valence electrons. The minimum Gasteiger partial charge on any atom is -0.493 e. The average Bonchev–Trinajstić information content (AvgIpc) is 3.17. The summed E-state index contributed by atoms with van der Waals surface area (Å²) >= 11 is 0. The molecule has 2 aromatic rings. The molecule has 9 heteroatoms. The van der Waals surface area contributed by atoms with E-state index in [4.69, 9.17) is 13.9 Å². The van der Waals surface area contributed by atoms with Crippen molar-refractivity contribution in [3.8, 4) is 11.5 Å². The highest BCUT2D eigenvalue weighted by Gasteiger charge is 2.29. The summed E-state index contributed by atoms with van der Waals surface area (Å²) in [7, 11) is -1.07. The van der Waals surface area contributed by atoms with Crippen LogP contribution in [-0.2, 0) is 21.4 Å². The molecule has 1 aromatic carbocycles. The third-order valence-electron chi connectivity index (χ3n) is 3.91. The molecule has 1 heterocycles. The summed E-state index contributed by atoms with van der Waals surface area (Å²) in [6.07, 6.45) is 1.50. The second-order valence-corrected chi connectivity index (χ2v) is 7.87. The third-order valence-corrected chi connectivity index (χ3v) is 5.35. The van der Waals surface area contributed by atoms with Crippen LogP contribution in [0.15, 0.2) is 45.9 Å². The molecule has 2 N–H and O–H groups in total. The van der Waals surface area contributed by atoms with Crippen LogP contribution in [0, 0.1) is 5.92 Å². The molecule has 1 aromatic heterocycles. The lowest BCUT2D eigenvalue weighted by Crippen LogP contribution is -2.49. The molecule has 27 heavy (non-hydrogen) atoms. The highest BCUT2D eigenvalue weighted by Crippen LogP contribution is 2.29. The smallest absolute Gasteiger partial charge is 0.241 e. The minimum absolute atomic E-state index is 0.0235. The van der Waals surface area contributed by atoms with Crippen LogP contribution in [0.5, 0.6) is 11.5 Å². The van der Waals surface area contributed by atoms with E-state index in [1.165, 1.54) is 38.7 Å². The van der Waals surface area contributed by atoms with Gasteiger partial charge in [-0.1, -0.05) is 13.8 Å². The molecule has 0 aliphatic rings. The number of amides is 1. The Bertz CT molecular complexity index is 862. The first-order chi connectivity index (χ1) is 12.8. The standard InChI is InChI=1S/C18H24N2O6S/c1-12(2)17(18(21)19-11-13-6-5-9-26-13)20-27(22,23)14-7-8-15(24-3)16(10-14)25-4/h5-10,12,17,20H,11H2,1-4H3,(H,19,21)/t17-/m0/s1. The van der Waals surface area contributed by atoms with Gasteiger partial charge in [-0.15, -0.1) is 0 Å². The third kappa shape index (κ3) is 5.24. The molecule has 0 radical (unpaired) electrons. The van der Waals surface area contributed by atoms with Crippen LogP contribution in [0.2, 0.25) is 0 Å². The van der Waals surface area contributed by atoms with Crippen LogP contribution >= 0.6 is 0 Å². The van der Waals surface area contributed by atoms with Gasteiger partial charge in [-0.3, -0.25) is 4.79 Å². The van der Waals surface area contributed by atoms with E-state index in [1.807, 2.05) is 0 Å². The van der Waals surface area contributed by atoms with E-state index < -0.39 is 22.0 Å². The summed E-state index contributed by atoms with van der Waals surface area (Å²) in [5.74, 6) is 0.562. The number of rotatable bonds is 9. The Kier molecular flexibility index (Phi) is 6.86. The zero-order chi connectivity index (χ0) is 20.0. The maximum absolute atomic E-state index is 12.7. The molecule has 1 atom stereocenters. The molecule has 0 fully saturated rings. The molecule has 0 aliphatic heterocycles. The quantitative estimate of drug-likeness (QED) is 0.671. The van der Waals surface area contributed by atoms with E-state index in [1.54, 1.807) is 26.0 Å². The molecule has 0 aliphatic carbocycles. The Morgan fingerprint density at radius 1 is 1.15 bits per heavy atom. The van der Waals surface area contributed by atoms with Crippen molar-refractivity contribution >= 4 is 15.9 Å². The van der Waals surface area contributed by atoms with Crippen LogP contribution in [-0.4, -0.2) is 34.6 Å². The molecule has 0 unspecified atom stereocenters. The lowest BCUT2D eigenvalue weighted by atomic mass is 10.1. The number of sulfonamides is 1. The fourth-order valence-electron chi connectivity index (χ4n) is 2.41. The van der Waals surface area contributed by atoms with Crippen LogP contribution in [0.3, 0.4) is 0 Å². The number of furan rings is 1. The Morgan fingerprint density at radius 2 is 1.85 bits per heavy atom. The van der Waals surface area contributed by atoms with Crippen molar-refractivity contribution < 1.29 is 27.1 Å². The summed E-state index contributed by atoms with van der Waals surface area (Å²) in [5, 5.41) is 2.68. The Morgan fingerprint density at radius 3 is 2.41 bits per heavy atom. The van der Waals surface area contributed by atoms with Crippen LogP contribution in [0.4, 0.5) is 0 Å². The van der Waals surface area contributed by atoms with Crippen molar-refractivity contribution in [1.82, 2.24) is 10.0 Å². The lowest BCUT2D eigenvalue weighted by Gasteiger charge is -2.21. The normalized spacial score (nSPS) is 12.6. The predicted molar refractivity (Wildman–Crippen MR) is 99.0 cm³/mol. The van der Waals surface area contributed by atoms with Crippen molar-refractivity contribution in [3.63, 3.8) is 0 Å². The summed E-state index contributed by atoms with van der Waals surface area (Å²) in [6.45, 7) is 3.69. The lowest BCUT2D eigenvalue weighted by molar-refractivity contribution is -0.123. The average molecular weight is 396 g/mol. The number of methoxy groups -OCH3 is 2. The van der Waals surface area contributed by atoms with Gasteiger partial charge >= 0.3 is 0 Å². The SMILES string of the molecule is COc1ccc(S(=O)(=O)N[C@H](C(=O)NCc2ccco2)C(C)C)cc1OC. The first-order valence-corrected chi connectivity index (χ1v) is 9.81. The van der Waals surface area contributed by atoms with E-state index >= 15 is 0 Å². The first-order valence-electron chi connectivity index (χ1n) is 8.33. The Hall–Kier alpha value is -2.52. The van der Waals surface area contributed by atoms with Gasteiger partial charge in [-0.25, -0.2) is 8.42 Å². The van der Waals surface area contributed by atoms with Crippen LogP contribution < -0.4 is 19.5 Å². The van der Waals surface area contributed by atoms with Gasteiger partial charge in [-0.2, -0.15) is 4.72 Å². The number of hydrogen-bond acceptors (Lipinski definition) is 6. The Labute approximate surface area is 158 Å². The van der Waals surface area contributed by atoms with Crippen molar-refractivity contribution in [1.29, 1.82) is 0 Å². The Balaban J connectivity index is 2.17. The highest BCUT2D eigenvalue weighted by atomic mass is 32.2. The van der Waals surface area contributed by atoms with Crippen molar-refractivity contribution in [2.24, 2.45) is 5.92 Å². The van der Waals surface area contributed by atoms with Gasteiger partial charge in [0.1, 0.15) is 11.8 Å². The fraction of sp³-hybridized carbons (Fsp3) is 0.389. The van der Waals surface area contributed by atoms with E-state index in [2.05, 4.69) is 10.0 Å². The summed E-state index contributed by atoms with van der Waals surface area (Å²) in [4.78, 5) is 12.5. The van der Waals surface area contributed by atoms with Gasteiger partial charge < -0.3 is 19.2 Å². The topological polar surface area (TPSA) is 107 Å². The molecule has 1 amide bonds. The molecule has 0 saturated heterocycles. The summed E-state index contributed by atoms with van der Waals surface area (Å²) < 4.78 is 43.4. The fourth-order valence-corrected chi connectivity index (χ4v) is 3.77. The van der Waals surface area contributed by atoms with Crippen LogP contribution in [0.1, 0.15) is 19.6 Å². The summed E-state index contributed by atoms with van der Waals surface area (Å²) in [5.41, 5.74) is 0. The van der Waals surface area contributed by atoms with Gasteiger partial charge in [0.25, 0.3) is 0 Å². The molecular weight excluding hydrogens is 372 g/mol. The maximum Gasteiger partial charge on any atom is 0.241 e. The van der Waals surface area contributed by atoms with Gasteiger partial charge in [0, 0.05) is 6.07 Å². The molecule has 8 nitrogen and oxygen atoms in total. The van der Waals surface area contributed by atoms with Crippen molar-refractivity contribution in [3.05, 3.63) is 42.4 Å². The largest absolute Gasteiger partial charge is 0.493 e. The zero-order valence-electron chi connectivity index (χ0n) is 15.7. The van der Waals surface area contributed by atoms with E-state index in [-0.39, 0.29) is 23.1 Å². The molecule has 2 rings (SSSR count). The minimum atomic E-state index is -3.95. The van der Waals surface area contributed by atoms with Gasteiger partial charge in [-0.05, 0) is 30.2 Å². The van der Waals surface area contributed by atoms with E-state index in [0.29, 0.717) is 11.5 Å². The van der Waals surface area contributed by atoms with Crippen LogP contribution in [0.25, 0.3) is 0 Å². The van der Waals surface area contributed by atoms with Gasteiger partial charge in [0.2, 0.25) is 15.9 Å². The number of benzene rings is 1. The molecular formula is C18H24N2O6S. The van der Waals surface area contributed by atoms with E-state index in [9.17, 15) is 13.2 Å². The van der Waals surface area contributed by atoms with E-state index in [0.717, 1.165) is 0 Å². The van der Waals surface area contributed by atoms with Gasteiger partial charge in [0.05, 0.1) is 31.9 Å². The number of carbonyl (C=O) groups is 1. The van der Waals surface area contributed by atoms with Crippen molar-refractivity contribution in [2.45, 2.75) is 31.3 Å². The second kappa shape index (κ2) is 8.92. The monoisotopic (exact) mass is 396 g/mol. The molecule has 0 bridgehead atoms. The second-order valence-electron chi connectivity index (χ2n) is 6.16. The number of ether oxygens (including phenoxy) is 2.